The number of ketones is 1. The van der Waals surface area contributed by atoms with Crippen LogP contribution in [0.2, 0.25) is 0 Å². The Morgan fingerprint density at radius 1 is 1.04 bits per heavy atom. The smallest absolute Gasteiger partial charge is 0.306 e. The third kappa shape index (κ3) is 5.50. The maximum absolute atomic E-state index is 11.8. The van der Waals surface area contributed by atoms with Crippen LogP contribution in [0.1, 0.15) is 24.2 Å². The molecule has 2 rings (SSSR count). The number of hydrogen-bond acceptors (Lipinski definition) is 5. The van der Waals surface area contributed by atoms with E-state index < -0.39 is 16.2 Å². The number of rotatable bonds is 7. The molecular formula is C17H18O5S. The topological polar surface area (TPSA) is 69.7 Å². The lowest BCUT2D eigenvalue weighted by molar-refractivity contribution is -0.129. The van der Waals surface area contributed by atoms with E-state index in [0.29, 0.717) is 12.2 Å². The van der Waals surface area contributed by atoms with Gasteiger partial charge in [-0.05, 0) is 30.2 Å². The highest BCUT2D eigenvalue weighted by Gasteiger charge is 2.18. The van der Waals surface area contributed by atoms with Crippen LogP contribution in [0.25, 0.3) is 0 Å². The second-order valence-electron chi connectivity index (χ2n) is 5.14. The van der Waals surface area contributed by atoms with Gasteiger partial charge in [0.15, 0.2) is 5.78 Å². The fourth-order valence-corrected chi connectivity index (χ4v) is 2.54. The predicted octanol–water partition coefficient (Wildman–Crippen LogP) is 2.87. The van der Waals surface area contributed by atoms with Gasteiger partial charge < -0.3 is 8.92 Å². The van der Waals surface area contributed by atoms with E-state index in [1.807, 2.05) is 30.3 Å². The van der Waals surface area contributed by atoms with Crippen LogP contribution in [0.4, 0.5) is 0 Å². The molecule has 5 nitrogen and oxygen atoms in total. The summed E-state index contributed by atoms with van der Waals surface area (Å²) in [5.74, 6) is 0.0688. The summed E-state index contributed by atoms with van der Waals surface area (Å²) in [6, 6.07) is 15.8. The number of carbonyl (C=O) groups is 1. The highest BCUT2D eigenvalue weighted by atomic mass is 32.2. The monoisotopic (exact) mass is 334 g/mol. The van der Waals surface area contributed by atoms with Crippen LogP contribution >= 0.6 is 0 Å². The van der Waals surface area contributed by atoms with Gasteiger partial charge in [0.2, 0.25) is 0 Å². The Hall–Kier alpha value is -2.18. The van der Waals surface area contributed by atoms with Crippen molar-refractivity contribution in [3.63, 3.8) is 0 Å². The maximum atomic E-state index is 11.8. The van der Waals surface area contributed by atoms with E-state index in [-0.39, 0.29) is 11.5 Å². The van der Waals surface area contributed by atoms with Gasteiger partial charge in [-0.2, -0.15) is 8.42 Å². The molecule has 0 spiro atoms. The molecule has 0 aliphatic carbocycles. The van der Waals surface area contributed by atoms with E-state index in [1.165, 1.54) is 19.1 Å². The van der Waals surface area contributed by atoms with Crippen molar-refractivity contribution < 1.29 is 22.1 Å². The van der Waals surface area contributed by atoms with Crippen LogP contribution in [0, 0.1) is 0 Å². The molecule has 122 valence electrons. The largest absolute Gasteiger partial charge is 0.383 e. The molecule has 0 heterocycles. The Bertz CT molecular complexity index is 751. The van der Waals surface area contributed by atoms with Crippen molar-refractivity contribution in [1.82, 2.24) is 0 Å². The number of hydrogen-bond donors (Lipinski definition) is 0. The first kappa shape index (κ1) is 17.2. The van der Waals surface area contributed by atoms with Crippen molar-refractivity contribution in [3.05, 3.63) is 65.7 Å². The minimum atomic E-state index is -3.57. The summed E-state index contributed by atoms with van der Waals surface area (Å²) < 4.78 is 32.7. The normalized spacial score (nSPS) is 12.6. The van der Waals surface area contributed by atoms with Gasteiger partial charge in [-0.15, -0.1) is 0 Å². The summed E-state index contributed by atoms with van der Waals surface area (Å²) in [6.07, 6.45) is 0.268. The Labute approximate surface area is 136 Å². The molecular weight excluding hydrogens is 316 g/mol. The average Bonchev–Trinajstić information content (AvgIpc) is 2.48. The lowest BCUT2D eigenvalue weighted by atomic mass is 10.1. The van der Waals surface area contributed by atoms with E-state index in [1.54, 1.807) is 12.1 Å². The number of ether oxygens (including phenoxy) is 1. The highest BCUT2D eigenvalue weighted by molar-refractivity contribution is 7.86. The van der Waals surface area contributed by atoms with Gasteiger partial charge in [0, 0.05) is 0 Å². The van der Waals surface area contributed by atoms with E-state index in [2.05, 4.69) is 0 Å². The number of benzene rings is 2. The summed E-state index contributed by atoms with van der Waals surface area (Å²) in [5.41, 5.74) is 1.62. The second-order valence-corrected chi connectivity index (χ2v) is 6.72. The van der Waals surface area contributed by atoms with Crippen LogP contribution in [0.5, 0.6) is 5.75 Å². The number of Topliss-reactive ketones (excluding diaryl/α,β-unsaturated/α-hetero) is 1. The molecule has 2 aromatic rings. The van der Waals surface area contributed by atoms with E-state index in [9.17, 15) is 13.2 Å². The third-order valence-corrected chi connectivity index (χ3v) is 3.55. The fraction of sp³-hybridized carbons (Fsp3) is 0.235. The fourth-order valence-electron chi connectivity index (χ4n) is 2.08. The summed E-state index contributed by atoms with van der Waals surface area (Å²) in [6.45, 7) is 1.77. The Morgan fingerprint density at radius 2 is 1.65 bits per heavy atom. The molecule has 0 aromatic heterocycles. The molecule has 0 radical (unpaired) electrons. The van der Waals surface area contributed by atoms with Crippen LogP contribution in [0.15, 0.2) is 54.6 Å². The van der Waals surface area contributed by atoms with Crippen LogP contribution in [-0.4, -0.2) is 20.5 Å². The molecule has 2 aromatic carbocycles. The van der Waals surface area contributed by atoms with Gasteiger partial charge in [-0.1, -0.05) is 42.5 Å². The van der Waals surface area contributed by atoms with Gasteiger partial charge in [0.05, 0.1) is 12.9 Å². The van der Waals surface area contributed by atoms with Crippen molar-refractivity contribution in [1.29, 1.82) is 0 Å². The Kier molecular flexibility index (Phi) is 5.52. The van der Waals surface area contributed by atoms with Gasteiger partial charge in [0.1, 0.15) is 11.9 Å². The van der Waals surface area contributed by atoms with Crippen LogP contribution < -0.4 is 4.18 Å². The standard InChI is InChI=1S/C17H18O5S/c1-13(18)17(21-12-14-6-4-3-5-7-14)15-8-10-16(11-9-15)22-23(2,19)20/h3-11,17H,12H2,1-2H3. The molecule has 0 saturated heterocycles. The molecule has 0 bridgehead atoms. The first-order chi connectivity index (χ1) is 10.8. The van der Waals surface area contributed by atoms with Gasteiger partial charge in [0.25, 0.3) is 0 Å². The van der Waals surface area contributed by atoms with E-state index in [0.717, 1.165) is 11.8 Å². The Balaban J connectivity index is 2.10. The van der Waals surface area contributed by atoms with Gasteiger partial charge in [-0.25, -0.2) is 0 Å². The van der Waals surface area contributed by atoms with Crippen molar-refractivity contribution in [2.45, 2.75) is 19.6 Å². The lowest BCUT2D eigenvalue weighted by Gasteiger charge is -2.16. The van der Waals surface area contributed by atoms with Crippen molar-refractivity contribution in [3.8, 4) is 5.75 Å². The minimum absolute atomic E-state index is 0.127. The van der Waals surface area contributed by atoms with Crippen LogP contribution in [-0.2, 0) is 26.3 Å². The quantitative estimate of drug-likeness (QED) is 0.728. The van der Waals surface area contributed by atoms with E-state index in [4.69, 9.17) is 8.92 Å². The molecule has 0 aliphatic heterocycles. The van der Waals surface area contributed by atoms with Gasteiger partial charge in [-0.3, -0.25) is 4.79 Å². The van der Waals surface area contributed by atoms with Crippen molar-refractivity contribution in [2.24, 2.45) is 0 Å². The summed E-state index contributed by atoms with van der Waals surface area (Å²) in [4.78, 5) is 11.8. The molecule has 0 fully saturated rings. The molecule has 6 heteroatoms. The molecule has 0 saturated carbocycles. The summed E-state index contributed by atoms with van der Waals surface area (Å²) >= 11 is 0. The molecule has 0 amide bonds. The molecule has 23 heavy (non-hydrogen) atoms. The SMILES string of the molecule is CC(=O)C(OCc1ccccc1)c1ccc(OS(C)(=O)=O)cc1. The third-order valence-electron chi connectivity index (χ3n) is 3.06. The molecule has 1 atom stereocenters. The zero-order valence-corrected chi connectivity index (χ0v) is 13.7. The summed E-state index contributed by atoms with van der Waals surface area (Å²) in [5, 5.41) is 0. The second kappa shape index (κ2) is 7.39. The zero-order valence-electron chi connectivity index (χ0n) is 12.9. The van der Waals surface area contributed by atoms with Gasteiger partial charge >= 0.3 is 10.1 Å². The molecule has 0 N–H and O–H groups in total. The maximum Gasteiger partial charge on any atom is 0.306 e. The number of carbonyl (C=O) groups excluding carboxylic acids is 1. The average molecular weight is 334 g/mol. The van der Waals surface area contributed by atoms with E-state index >= 15 is 0 Å². The molecule has 1 unspecified atom stereocenters. The predicted molar refractivity (Wildman–Crippen MR) is 86.6 cm³/mol. The first-order valence-electron chi connectivity index (χ1n) is 7.00. The lowest BCUT2D eigenvalue weighted by Crippen LogP contribution is -2.13. The van der Waals surface area contributed by atoms with Crippen molar-refractivity contribution >= 4 is 15.9 Å². The minimum Gasteiger partial charge on any atom is -0.383 e. The Morgan fingerprint density at radius 3 is 2.17 bits per heavy atom. The highest BCUT2D eigenvalue weighted by Crippen LogP contribution is 2.23. The van der Waals surface area contributed by atoms with Crippen molar-refractivity contribution in [2.75, 3.05) is 6.26 Å². The first-order valence-corrected chi connectivity index (χ1v) is 8.82. The van der Waals surface area contributed by atoms with Crippen LogP contribution in [0.3, 0.4) is 0 Å². The summed E-state index contributed by atoms with van der Waals surface area (Å²) in [7, 11) is -3.57. The zero-order chi connectivity index (χ0) is 16.9. The molecule has 0 aliphatic rings.